The van der Waals surface area contributed by atoms with Gasteiger partial charge in [-0.3, -0.25) is 19.2 Å². The van der Waals surface area contributed by atoms with E-state index in [1.54, 1.807) is 0 Å². The van der Waals surface area contributed by atoms with Gasteiger partial charge in [0.15, 0.2) is 62.9 Å². The Hall–Kier alpha value is -4.00. The van der Waals surface area contributed by atoms with Crippen molar-refractivity contribution >= 4 is 23.6 Å². The molecule has 10 aliphatic heterocycles. The van der Waals surface area contributed by atoms with Gasteiger partial charge in [-0.25, -0.2) is 0 Å². The summed E-state index contributed by atoms with van der Waals surface area (Å²) < 4.78 is 114. The number of rotatable bonds is 32. The highest BCUT2D eigenvalue weighted by molar-refractivity contribution is 5.74. The minimum absolute atomic E-state index is 0.826. The fourth-order valence-electron chi connectivity index (χ4n) is 15.8. The van der Waals surface area contributed by atoms with E-state index < -0.39 is 397 Å². The third-order valence-electron chi connectivity index (χ3n) is 22.4. The highest BCUT2D eigenvalue weighted by Crippen LogP contribution is 2.41. The summed E-state index contributed by atoms with van der Waals surface area (Å²) in [6, 6.07) is -7.70. The van der Waals surface area contributed by atoms with Gasteiger partial charge < -0.3 is 254 Å². The lowest BCUT2D eigenvalue weighted by molar-refractivity contribution is -0.405. The van der Waals surface area contributed by atoms with E-state index in [-0.39, 0.29) is 0 Å². The second-order valence-corrected chi connectivity index (χ2v) is 31.1. The number of hydrogen-bond acceptors (Lipinski definition) is 51. The lowest BCUT2D eigenvalue weighted by atomic mass is 9.93. The summed E-state index contributed by atoms with van der Waals surface area (Å²) in [5.74, 6) is -3.79. The van der Waals surface area contributed by atoms with Gasteiger partial charge in [0.2, 0.25) is 23.6 Å². The number of amides is 4. The monoisotopic (exact) mass is 1800 g/mol. The molecule has 10 heterocycles. The SMILES string of the molecule is CC(=O)N[C@@H]1[C@@H](O)[C@H](O[C@@H]2O[C@H](CO)[C@@H](O[C@@H]3O[C@H](CO[C@H]4O[C@H](CO[C@H]5O[C@H](CO)[C@@H](O)[C@H](O)[C@@H]5O)[C@@H](O)[C@H](O[C@H]5O[C@H](CO)[C@@H](O)[C@H](O)[C@@H]5O)[C@@H]4O)[C@@H](OC4O[C@H](CO)[C@@H](O)[C@H](O)[C@@H]4NC(C)=O)[C@H](O[C@H]4O[C@H](CO[C@H]5O[C@H](CO)[C@@H](O)[C@H](O)[C@@H]5O)[C@@H](O)[C@H](OC5O[C@H](CO)[C@@H](O)[C@H](O)[C@H]5NC(C)=O)[C@@H]4O)[C@@H]3O)[C@H](O)[C@H]2NC(C)=O)[C@@H](CO)O[C@H]1O. The molecule has 712 valence electrons. The van der Waals surface area contributed by atoms with Gasteiger partial charge in [0.05, 0.1) is 66.1 Å². The number of aliphatic hydroxyl groups excluding tert-OH is 28. The zero-order valence-corrected chi connectivity index (χ0v) is 65.9. The van der Waals surface area contributed by atoms with Gasteiger partial charge in [-0.1, -0.05) is 0 Å². The van der Waals surface area contributed by atoms with Crippen LogP contribution in [0.2, 0.25) is 0 Å². The molecule has 10 rings (SSSR count). The quantitative estimate of drug-likeness (QED) is 0.0297. The summed E-state index contributed by atoms with van der Waals surface area (Å²) in [6.07, 6.45) is -101. The van der Waals surface area contributed by atoms with Crippen LogP contribution < -0.4 is 21.3 Å². The van der Waals surface area contributed by atoms with Crippen molar-refractivity contribution in [1.29, 1.82) is 0 Å². The molecule has 0 saturated carbocycles. The number of nitrogens with one attached hydrogen (secondary N) is 4. The maximum atomic E-state index is 13.3. The zero-order valence-electron chi connectivity index (χ0n) is 65.9. The Kier molecular flexibility index (Phi) is 36.4. The molecular formula is C68H114N4O51. The second kappa shape index (κ2) is 44.3. The van der Waals surface area contributed by atoms with Crippen molar-refractivity contribution in [2.45, 2.75) is 335 Å². The van der Waals surface area contributed by atoms with Crippen LogP contribution in [0.25, 0.3) is 0 Å². The average molecular weight is 1800 g/mol. The summed E-state index contributed by atoms with van der Waals surface area (Å²) in [6.45, 7) is -7.65. The average Bonchev–Trinajstić information content (AvgIpc) is 0.757. The van der Waals surface area contributed by atoms with Crippen molar-refractivity contribution in [2.75, 3.05) is 66.1 Å². The minimum Gasteiger partial charge on any atom is -0.394 e. The molecule has 10 aliphatic rings. The predicted molar refractivity (Wildman–Crippen MR) is 376 cm³/mol. The van der Waals surface area contributed by atoms with Gasteiger partial charge in [-0.15, -0.1) is 0 Å². The molecule has 50 atom stereocenters. The largest absolute Gasteiger partial charge is 0.394 e. The summed E-state index contributed by atoms with van der Waals surface area (Å²) in [5.41, 5.74) is 0. The first kappa shape index (κ1) is 101. The van der Waals surface area contributed by atoms with E-state index in [0.717, 1.165) is 27.7 Å². The zero-order chi connectivity index (χ0) is 90.5. The van der Waals surface area contributed by atoms with Crippen molar-refractivity contribution in [1.82, 2.24) is 21.3 Å². The van der Waals surface area contributed by atoms with Crippen molar-refractivity contribution in [3.05, 3.63) is 0 Å². The molecule has 10 saturated heterocycles. The number of aliphatic hydroxyl groups is 28. The second-order valence-electron chi connectivity index (χ2n) is 31.1. The Morgan fingerprint density at radius 1 is 0.211 bits per heavy atom. The summed E-state index contributed by atoms with van der Waals surface area (Å²) in [5, 5.41) is 323. The lowest BCUT2D eigenvalue weighted by Gasteiger charge is -2.52. The van der Waals surface area contributed by atoms with Gasteiger partial charge in [0, 0.05) is 27.7 Å². The van der Waals surface area contributed by atoms with Crippen LogP contribution in [0.3, 0.4) is 0 Å². The molecule has 4 amide bonds. The molecule has 55 heteroatoms. The Labute approximate surface area is 695 Å². The van der Waals surface area contributed by atoms with Gasteiger partial charge in [-0.05, 0) is 0 Å². The summed E-state index contributed by atoms with van der Waals surface area (Å²) in [4.78, 5) is 51.4. The molecule has 0 aromatic heterocycles. The molecule has 2 unspecified atom stereocenters. The van der Waals surface area contributed by atoms with Gasteiger partial charge in [0.25, 0.3) is 0 Å². The molecule has 0 aromatic carbocycles. The maximum Gasteiger partial charge on any atom is 0.217 e. The Balaban J connectivity index is 1.10. The van der Waals surface area contributed by atoms with Crippen LogP contribution in [0.1, 0.15) is 27.7 Å². The first-order valence-electron chi connectivity index (χ1n) is 39.1. The van der Waals surface area contributed by atoms with Crippen molar-refractivity contribution in [3.8, 4) is 0 Å². The maximum absolute atomic E-state index is 13.3. The first-order valence-corrected chi connectivity index (χ1v) is 39.1. The van der Waals surface area contributed by atoms with Crippen molar-refractivity contribution in [2.24, 2.45) is 0 Å². The van der Waals surface area contributed by atoms with Crippen molar-refractivity contribution in [3.63, 3.8) is 0 Å². The van der Waals surface area contributed by atoms with Crippen LogP contribution in [0.15, 0.2) is 0 Å². The highest BCUT2D eigenvalue weighted by Gasteiger charge is 2.62. The molecular weight excluding hydrogens is 1690 g/mol. The minimum atomic E-state index is -2.79. The van der Waals surface area contributed by atoms with Crippen LogP contribution >= 0.6 is 0 Å². The summed E-state index contributed by atoms with van der Waals surface area (Å²) in [7, 11) is 0. The third-order valence-corrected chi connectivity index (χ3v) is 22.4. The lowest BCUT2D eigenvalue weighted by Crippen LogP contribution is -2.71. The smallest absolute Gasteiger partial charge is 0.217 e. The molecule has 55 nitrogen and oxygen atoms in total. The molecule has 0 aliphatic carbocycles. The third kappa shape index (κ3) is 22.6. The topological polar surface area (TPSA) is 858 Å². The highest BCUT2D eigenvalue weighted by atomic mass is 16.8. The van der Waals surface area contributed by atoms with E-state index in [1.165, 1.54) is 0 Å². The molecule has 0 spiro atoms. The fraction of sp³-hybridized carbons (Fsp3) is 0.941. The van der Waals surface area contributed by atoms with Gasteiger partial charge >= 0.3 is 0 Å². The van der Waals surface area contributed by atoms with Crippen molar-refractivity contribution < 1.29 is 252 Å². The van der Waals surface area contributed by atoms with Gasteiger partial charge in [-0.2, -0.15) is 0 Å². The van der Waals surface area contributed by atoms with E-state index in [4.69, 9.17) is 90.0 Å². The van der Waals surface area contributed by atoms with Gasteiger partial charge in [0.1, 0.15) is 244 Å². The number of ether oxygens (including phenoxy) is 19. The predicted octanol–water partition coefficient (Wildman–Crippen LogP) is -22.2. The van der Waals surface area contributed by atoms with Crippen LogP contribution in [-0.2, 0) is 109 Å². The first-order chi connectivity index (χ1) is 58.2. The molecule has 32 N–H and O–H groups in total. The molecule has 123 heavy (non-hydrogen) atoms. The standard InChI is InChI=1S/C68H114N4O51/c1-15(80)69-29-42(93)53(24(10-78)108-59(29)104)118-62-32(72-18(4)83)43(94)54(25(11-79)114-62)119-68-52(103)58(123-67-51(102)57(121-61-31(71-17(3)82)41(92)34(85)20(6-74)110-61)39(90)27(116-67)13-106-64-48(99)45(96)36(87)22(8-76)112-64)55(120-60-30(70-16(2)81)40(91)33(84)19(5-73)109-60)28(117-68)14-107-65-50(101)56(122-66-49(100)46(97)37(88)23(9-77)113-66)38(89)26(115-65)12-105-63-47(98)44(95)35(86)21(7-75)111-63/h19-68,73-79,84-104H,5-14H2,1-4H3,(H,69,80)(H,70,81)(H,71,82)(H,72,83)/t19-,20-,21-,22-,23-,24-,25-,26-,27-,28-,29-,30+,31-,32-,33-,34-,35-,36-,37-,38-,39-,40-,41-,42-,43-,44+,45+,46+,47+,48+,49+,50+,51+,52+,53-,54-,55-,56+,57+,58-,59-,60?,61?,62+,63+,64+,65+,66-,67-,68+/m1/s1. The normalized spacial score (nSPS) is 49.4. The van der Waals surface area contributed by atoms with E-state index >= 15 is 0 Å². The number of hydrogen-bond donors (Lipinski definition) is 32. The van der Waals surface area contributed by atoms with Crippen LogP contribution in [0.5, 0.6) is 0 Å². The van der Waals surface area contributed by atoms with Crippen LogP contribution in [0.4, 0.5) is 0 Å². The Bertz CT molecular complexity index is 3310. The van der Waals surface area contributed by atoms with E-state index in [9.17, 15) is 162 Å². The number of carbonyl (C=O) groups excluding carboxylic acids is 4. The number of carbonyl (C=O) groups is 4. The molecule has 0 bridgehead atoms. The Morgan fingerprint density at radius 2 is 0.447 bits per heavy atom. The van der Waals surface area contributed by atoms with Crippen LogP contribution in [0, 0.1) is 0 Å². The molecule has 10 fully saturated rings. The van der Waals surface area contributed by atoms with E-state index in [1.807, 2.05) is 0 Å². The Morgan fingerprint density at radius 3 is 0.846 bits per heavy atom. The molecule has 0 aromatic rings. The fourth-order valence-corrected chi connectivity index (χ4v) is 15.8. The van der Waals surface area contributed by atoms with E-state index in [0.29, 0.717) is 0 Å². The van der Waals surface area contributed by atoms with E-state index in [2.05, 4.69) is 21.3 Å². The summed E-state index contributed by atoms with van der Waals surface area (Å²) >= 11 is 0. The molecule has 0 radical (unpaired) electrons. The van der Waals surface area contributed by atoms with Crippen LogP contribution in [-0.4, -0.2) is 539 Å².